The van der Waals surface area contributed by atoms with Crippen molar-refractivity contribution in [3.8, 4) is 0 Å². The molecule has 1 aliphatic heterocycles. The maximum atomic E-state index is 12.9. The van der Waals surface area contributed by atoms with Crippen LogP contribution in [0.25, 0.3) is 10.9 Å². The van der Waals surface area contributed by atoms with Crippen molar-refractivity contribution in [1.82, 2.24) is 19.4 Å². The van der Waals surface area contributed by atoms with Gasteiger partial charge in [0.1, 0.15) is 0 Å². The van der Waals surface area contributed by atoms with Gasteiger partial charge >= 0.3 is 5.97 Å². The molecule has 2 amide bonds. The van der Waals surface area contributed by atoms with E-state index in [1.165, 1.54) is 9.47 Å². The molecule has 0 bridgehead atoms. The maximum absolute atomic E-state index is 12.9. The Bertz CT molecular complexity index is 1190. The van der Waals surface area contributed by atoms with Gasteiger partial charge in [0.15, 0.2) is 4.77 Å². The summed E-state index contributed by atoms with van der Waals surface area (Å²) in [6.07, 6.45) is 2.69. The number of esters is 1. The topological polar surface area (TPSA) is 105 Å². The van der Waals surface area contributed by atoms with Crippen LogP contribution in [0.5, 0.6) is 0 Å². The first-order chi connectivity index (χ1) is 15.8. The number of piperidine rings is 1. The van der Waals surface area contributed by atoms with Crippen molar-refractivity contribution < 1.29 is 19.1 Å². The normalized spacial score (nSPS) is 14.2. The fourth-order valence-electron chi connectivity index (χ4n) is 3.90. The molecule has 1 N–H and O–H groups in total. The van der Waals surface area contributed by atoms with Crippen LogP contribution in [-0.2, 0) is 20.9 Å². The Morgan fingerprint density at radius 3 is 2.64 bits per heavy atom. The van der Waals surface area contributed by atoms with Crippen molar-refractivity contribution in [2.45, 2.75) is 26.3 Å². The number of rotatable bonds is 7. The van der Waals surface area contributed by atoms with Crippen LogP contribution in [0, 0.1) is 10.7 Å². The first kappa shape index (κ1) is 24.4. The van der Waals surface area contributed by atoms with E-state index < -0.39 is 0 Å². The highest BCUT2D eigenvalue weighted by molar-refractivity contribution is 7.71. The Hall–Kier alpha value is -3.27. The summed E-state index contributed by atoms with van der Waals surface area (Å²) in [7, 11) is 1.56. The number of amides is 2. The number of likely N-dealkylation sites (tertiary alicyclic amines) is 1. The van der Waals surface area contributed by atoms with Gasteiger partial charge in [0.05, 0.1) is 30.0 Å². The number of carbonyl (C=O) groups is 3. The number of ether oxygens (including phenoxy) is 1. The number of fused-ring (bicyclic) bond motifs is 1. The molecule has 176 valence electrons. The molecular formula is C23H28N4O5S. The highest BCUT2D eigenvalue weighted by atomic mass is 32.1. The van der Waals surface area contributed by atoms with E-state index in [2.05, 4.69) is 11.6 Å². The number of aromatic nitrogens is 2. The fourth-order valence-corrected chi connectivity index (χ4v) is 4.17. The van der Waals surface area contributed by atoms with E-state index in [0.29, 0.717) is 49.0 Å². The second-order valence-electron chi connectivity index (χ2n) is 7.96. The molecule has 2 heterocycles. The molecule has 0 aliphatic carbocycles. The average molecular weight is 473 g/mol. The Kier molecular flexibility index (Phi) is 7.80. The van der Waals surface area contributed by atoms with Crippen LogP contribution in [0.2, 0.25) is 0 Å². The van der Waals surface area contributed by atoms with Gasteiger partial charge in [-0.05, 0) is 50.2 Å². The number of nitrogens with one attached hydrogen (secondary N) is 1. The smallest absolute Gasteiger partial charge is 0.309 e. The van der Waals surface area contributed by atoms with Gasteiger partial charge < -0.3 is 19.5 Å². The molecule has 0 atom stereocenters. The van der Waals surface area contributed by atoms with Crippen molar-refractivity contribution in [1.29, 1.82) is 0 Å². The highest BCUT2D eigenvalue weighted by Gasteiger charge is 2.29. The number of likely N-dealkylation sites (N-methyl/N-ethyl adjacent to an activating group) is 1. The number of H-pyrrole nitrogens is 1. The van der Waals surface area contributed by atoms with E-state index in [4.69, 9.17) is 17.0 Å². The Morgan fingerprint density at radius 2 is 2.00 bits per heavy atom. The quantitative estimate of drug-likeness (QED) is 0.376. The van der Waals surface area contributed by atoms with Crippen molar-refractivity contribution in [2.75, 3.05) is 33.3 Å². The van der Waals surface area contributed by atoms with Crippen LogP contribution >= 0.6 is 12.2 Å². The number of allylic oxidation sites excluding steroid dienone is 1. The van der Waals surface area contributed by atoms with Gasteiger partial charge in [-0.1, -0.05) is 6.08 Å². The van der Waals surface area contributed by atoms with Crippen LogP contribution in [0.1, 0.15) is 30.1 Å². The third-order valence-electron chi connectivity index (χ3n) is 5.73. The number of hydrogen-bond acceptors (Lipinski definition) is 6. The lowest BCUT2D eigenvalue weighted by Gasteiger charge is -2.32. The van der Waals surface area contributed by atoms with Crippen LogP contribution < -0.4 is 5.56 Å². The highest BCUT2D eigenvalue weighted by Crippen LogP contribution is 2.19. The SMILES string of the molecule is C=CCn1c(=S)[nH]c2cc(C(=O)N(C)CC(=O)N3CCC(C(=O)OCC)CC3)ccc2c1=O. The molecule has 1 aromatic heterocycles. The summed E-state index contributed by atoms with van der Waals surface area (Å²) in [5, 5.41) is 0.408. The molecule has 0 unspecified atom stereocenters. The Morgan fingerprint density at radius 1 is 1.30 bits per heavy atom. The molecule has 2 aromatic rings. The van der Waals surface area contributed by atoms with Crippen molar-refractivity contribution >= 4 is 40.9 Å². The first-order valence-corrected chi connectivity index (χ1v) is 11.2. The van der Waals surface area contributed by atoms with Gasteiger partial charge in [-0.2, -0.15) is 0 Å². The molecule has 0 saturated carbocycles. The summed E-state index contributed by atoms with van der Waals surface area (Å²) in [4.78, 5) is 56.1. The monoisotopic (exact) mass is 472 g/mol. The lowest BCUT2D eigenvalue weighted by atomic mass is 9.97. The van der Waals surface area contributed by atoms with E-state index in [1.54, 1.807) is 43.1 Å². The van der Waals surface area contributed by atoms with E-state index in [9.17, 15) is 19.2 Å². The average Bonchev–Trinajstić information content (AvgIpc) is 2.81. The summed E-state index contributed by atoms with van der Waals surface area (Å²) in [6.45, 7) is 6.85. The van der Waals surface area contributed by atoms with Gasteiger partial charge in [-0.15, -0.1) is 6.58 Å². The zero-order chi connectivity index (χ0) is 24.1. The van der Waals surface area contributed by atoms with E-state index >= 15 is 0 Å². The van der Waals surface area contributed by atoms with Gasteiger partial charge in [0.25, 0.3) is 11.5 Å². The molecule has 1 aliphatic rings. The van der Waals surface area contributed by atoms with E-state index in [-0.39, 0.29) is 47.1 Å². The van der Waals surface area contributed by atoms with Crippen molar-refractivity contribution in [3.63, 3.8) is 0 Å². The fraction of sp³-hybridized carbons (Fsp3) is 0.435. The summed E-state index contributed by atoms with van der Waals surface area (Å²) >= 11 is 5.25. The van der Waals surface area contributed by atoms with Gasteiger partial charge in [-0.3, -0.25) is 23.7 Å². The zero-order valence-electron chi connectivity index (χ0n) is 18.8. The third kappa shape index (κ3) is 5.39. The molecule has 1 aromatic carbocycles. The third-order valence-corrected chi connectivity index (χ3v) is 6.05. The van der Waals surface area contributed by atoms with Gasteiger partial charge in [-0.25, -0.2) is 0 Å². The first-order valence-electron chi connectivity index (χ1n) is 10.8. The number of nitrogens with zero attached hydrogens (tertiary/aromatic N) is 3. The molecule has 33 heavy (non-hydrogen) atoms. The predicted molar refractivity (Wildman–Crippen MR) is 126 cm³/mol. The van der Waals surface area contributed by atoms with Crippen molar-refractivity contribution in [2.24, 2.45) is 5.92 Å². The van der Waals surface area contributed by atoms with Gasteiger partial charge in [0.2, 0.25) is 5.91 Å². The molecule has 1 fully saturated rings. The number of aromatic amines is 1. The van der Waals surface area contributed by atoms with Crippen LogP contribution in [-0.4, -0.2) is 70.4 Å². The lowest BCUT2D eigenvalue weighted by Crippen LogP contribution is -2.45. The van der Waals surface area contributed by atoms with Crippen molar-refractivity contribution in [3.05, 3.63) is 51.5 Å². The zero-order valence-corrected chi connectivity index (χ0v) is 19.7. The number of carbonyl (C=O) groups excluding carboxylic acids is 3. The number of benzene rings is 1. The molecule has 9 nitrogen and oxygen atoms in total. The summed E-state index contributed by atoms with van der Waals surface area (Å²) in [5.74, 6) is -0.932. The molecule has 0 spiro atoms. The second kappa shape index (κ2) is 10.6. The number of hydrogen-bond donors (Lipinski definition) is 1. The second-order valence-corrected chi connectivity index (χ2v) is 8.35. The minimum absolute atomic E-state index is 0.0854. The molecule has 10 heteroatoms. The van der Waals surface area contributed by atoms with E-state index in [1.807, 2.05) is 0 Å². The largest absolute Gasteiger partial charge is 0.466 e. The molecule has 0 radical (unpaired) electrons. The standard InChI is InChI=1S/C23H28N4O5S/c1-4-10-27-21(30)17-7-6-16(13-18(17)24-23(27)33)20(29)25(3)14-19(28)26-11-8-15(9-12-26)22(31)32-5-2/h4,6-7,13,15H,1,5,8-12,14H2,2-3H3,(H,24,33). The van der Waals surface area contributed by atoms with Crippen LogP contribution in [0.4, 0.5) is 0 Å². The minimum Gasteiger partial charge on any atom is -0.466 e. The minimum atomic E-state index is -0.346. The summed E-state index contributed by atoms with van der Waals surface area (Å²) < 4.78 is 6.69. The lowest BCUT2D eigenvalue weighted by molar-refractivity contribution is -0.151. The maximum Gasteiger partial charge on any atom is 0.309 e. The Labute approximate surface area is 196 Å². The van der Waals surface area contributed by atoms with E-state index in [0.717, 1.165) is 0 Å². The molecule has 1 saturated heterocycles. The van der Waals surface area contributed by atoms with Crippen LogP contribution in [0.15, 0.2) is 35.6 Å². The molecule has 3 rings (SSSR count). The predicted octanol–water partition coefficient (Wildman–Crippen LogP) is 2.12. The summed E-state index contributed by atoms with van der Waals surface area (Å²) in [6, 6.07) is 4.71. The molecular weight excluding hydrogens is 444 g/mol. The Balaban J connectivity index is 1.67. The van der Waals surface area contributed by atoms with Gasteiger partial charge in [0, 0.05) is 32.2 Å². The summed E-state index contributed by atoms with van der Waals surface area (Å²) in [5.41, 5.74) is 0.532. The van der Waals surface area contributed by atoms with Crippen LogP contribution in [0.3, 0.4) is 0 Å².